The number of rotatable bonds is 66. The van der Waals surface area contributed by atoms with Crippen LogP contribution in [0.15, 0.2) is 36.5 Å². The summed E-state index contributed by atoms with van der Waals surface area (Å²) >= 11 is 0. The van der Waals surface area contributed by atoms with Crippen LogP contribution in [0.1, 0.15) is 367 Å². The summed E-state index contributed by atoms with van der Waals surface area (Å²) in [7, 11) is 0. The van der Waals surface area contributed by atoms with Gasteiger partial charge in [0, 0.05) is 0 Å². The van der Waals surface area contributed by atoms with Crippen LogP contribution in [-0.4, -0.2) is 110 Å². The minimum Gasteiger partial charge on any atom is -0.394 e. The average Bonchev–Trinajstić information content (AvgIpc) is 3.39. The zero-order chi connectivity index (χ0) is 62.4. The maximum Gasteiger partial charge on any atom is 0.249 e. The zero-order valence-electron chi connectivity index (χ0n) is 56.3. The van der Waals surface area contributed by atoms with Gasteiger partial charge in [-0.1, -0.05) is 339 Å². The number of aliphatic hydroxyl groups is 7. The standard InChI is InChI=1S/C75H143NO10/c1-3-5-7-9-11-13-15-17-19-21-23-25-27-29-31-33-34-35-37-39-41-43-45-47-49-51-53-55-57-59-61-63-68(79)74(84)76-66(65-85-75-73(83)72(82)71(81)69(64-77)86-75)70(80)67(78)62-60-58-56-54-52-50-48-46-44-42-40-38-36-32-30-28-26-24-22-20-18-16-14-12-10-8-6-4-2/h38,40,46,48,54,56,66-73,75,77-83H,3-37,39,41-45,47,49-53,55,57-65H2,1-2H3,(H,76,84)/b40-38+,48-46+,56-54+. The molecular weight excluding hydrogens is 1070 g/mol. The number of allylic oxidation sites excluding steroid dienone is 6. The summed E-state index contributed by atoms with van der Waals surface area (Å²) in [5, 5.41) is 76.6. The van der Waals surface area contributed by atoms with E-state index >= 15 is 0 Å². The Labute approximate surface area is 530 Å². The minimum atomic E-state index is -1.67. The van der Waals surface area contributed by atoms with Gasteiger partial charge in [-0.25, -0.2) is 0 Å². The third-order valence-electron chi connectivity index (χ3n) is 18.2. The first kappa shape index (κ1) is 82.3. The van der Waals surface area contributed by atoms with Gasteiger partial charge in [-0.15, -0.1) is 0 Å². The normalized spacial score (nSPS) is 18.9. The number of aliphatic hydroxyl groups excluding tert-OH is 7. The largest absolute Gasteiger partial charge is 0.394 e. The number of unbranched alkanes of at least 4 members (excludes halogenated alkanes) is 48. The summed E-state index contributed by atoms with van der Waals surface area (Å²) in [6, 6.07) is -1.19. The number of amides is 1. The van der Waals surface area contributed by atoms with Crippen molar-refractivity contribution in [1.29, 1.82) is 0 Å². The van der Waals surface area contributed by atoms with Crippen molar-refractivity contribution >= 4 is 5.91 Å². The molecule has 11 nitrogen and oxygen atoms in total. The van der Waals surface area contributed by atoms with E-state index in [1.807, 2.05) is 0 Å². The summed E-state index contributed by atoms with van der Waals surface area (Å²) in [5.74, 6) is -0.705. The van der Waals surface area contributed by atoms with E-state index in [2.05, 4.69) is 55.6 Å². The Hall–Kier alpha value is -1.67. The molecule has 0 aromatic heterocycles. The van der Waals surface area contributed by atoms with Gasteiger partial charge in [0.1, 0.15) is 36.6 Å². The van der Waals surface area contributed by atoms with Gasteiger partial charge in [-0.3, -0.25) is 4.79 Å². The lowest BCUT2D eigenvalue weighted by Crippen LogP contribution is -2.60. The first-order chi connectivity index (χ1) is 42.2. The Balaban J connectivity index is 2.20. The number of ether oxygens (including phenoxy) is 2. The fourth-order valence-electron chi connectivity index (χ4n) is 12.2. The van der Waals surface area contributed by atoms with Crippen molar-refractivity contribution in [3.63, 3.8) is 0 Å². The van der Waals surface area contributed by atoms with E-state index in [1.54, 1.807) is 0 Å². The Morgan fingerprint density at radius 3 is 1.03 bits per heavy atom. The minimum absolute atomic E-state index is 0.243. The van der Waals surface area contributed by atoms with Gasteiger partial charge in [0.15, 0.2) is 6.29 Å². The first-order valence-electron chi connectivity index (χ1n) is 37.4. The van der Waals surface area contributed by atoms with Crippen LogP contribution in [0.25, 0.3) is 0 Å². The second-order valence-corrected chi connectivity index (χ2v) is 26.4. The van der Waals surface area contributed by atoms with Crippen molar-refractivity contribution in [3.8, 4) is 0 Å². The molecule has 0 saturated carbocycles. The van der Waals surface area contributed by atoms with Crippen LogP contribution in [0.5, 0.6) is 0 Å². The van der Waals surface area contributed by atoms with Gasteiger partial charge in [-0.05, 0) is 64.2 Å². The predicted octanol–water partition coefficient (Wildman–Crippen LogP) is 18.5. The van der Waals surface area contributed by atoms with E-state index < -0.39 is 74.2 Å². The maximum absolute atomic E-state index is 13.3. The van der Waals surface area contributed by atoms with Gasteiger partial charge in [0.25, 0.3) is 0 Å². The van der Waals surface area contributed by atoms with Gasteiger partial charge in [0.2, 0.25) is 5.91 Å². The molecule has 0 spiro atoms. The molecule has 1 aliphatic heterocycles. The second-order valence-electron chi connectivity index (χ2n) is 26.4. The van der Waals surface area contributed by atoms with E-state index in [4.69, 9.17) is 9.47 Å². The Morgan fingerprint density at radius 2 is 0.698 bits per heavy atom. The van der Waals surface area contributed by atoms with Crippen molar-refractivity contribution < 1.29 is 50.0 Å². The number of nitrogens with one attached hydrogen (secondary N) is 1. The molecule has 86 heavy (non-hydrogen) atoms. The monoisotopic (exact) mass is 1220 g/mol. The van der Waals surface area contributed by atoms with E-state index in [9.17, 15) is 40.5 Å². The number of hydrogen-bond acceptors (Lipinski definition) is 10. The molecule has 1 heterocycles. The van der Waals surface area contributed by atoms with Crippen LogP contribution < -0.4 is 5.32 Å². The zero-order valence-corrected chi connectivity index (χ0v) is 56.3. The van der Waals surface area contributed by atoms with Crippen LogP contribution in [0.3, 0.4) is 0 Å². The van der Waals surface area contributed by atoms with Gasteiger partial charge in [-0.2, -0.15) is 0 Å². The quantitative estimate of drug-likeness (QED) is 0.0215. The summed E-state index contributed by atoms with van der Waals surface area (Å²) in [5.41, 5.74) is 0. The molecule has 1 amide bonds. The Kier molecular flexibility index (Phi) is 60.8. The lowest BCUT2D eigenvalue weighted by molar-refractivity contribution is -0.303. The fourth-order valence-corrected chi connectivity index (χ4v) is 12.2. The van der Waals surface area contributed by atoms with Crippen molar-refractivity contribution in [3.05, 3.63) is 36.5 Å². The summed E-state index contributed by atoms with van der Waals surface area (Å²) in [6.45, 7) is 3.50. The molecule has 508 valence electrons. The molecule has 11 heteroatoms. The highest BCUT2D eigenvalue weighted by Crippen LogP contribution is 2.24. The van der Waals surface area contributed by atoms with E-state index in [1.165, 1.54) is 276 Å². The lowest BCUT2D eigenvalue weighted by Gasteiger charge is -2.40. The third kappa shape index (κ3) is 50.0. The Morgan fingerprint density at radius 1 is 0.395 bits per heavy atom. The molecule has 0 aromatic carbocycles. The second kappa shape index (κ2) is 63.5. The van der Waals surface area contributed by atoms with Crippen LogP contribution in [0.4, 0.5) is 0 Å². The number of carbonyl (C=O) groups excluding carboxylic acids is 1. The van der Waals surface area contributed by atoms with Crippen LogP contribution in [-0.2, 0) is 14.3 Å². The summed E-state index contributed by atoms with van der Waals surface area (Å²) < 4.78 is 11.2. The van der Waals surface area contributed by atoms with Crippen LogP contribution >= 0.6 is 0 Å². The van der Waals surface area contributed by atoms with E-state index in [-0.39, 0.29) is 12.8 Å². The molecule has 1 saturated heterocycles. The molecular formula is C75H143NO10. The topological polar surface area (TPSA) is 189 Å². The predicted molar refractivity (Wildman–Crippen MR) is 362 cm³/mol. The van der Waals surface area contributed by atoms with Crippen molar-refractivity contribution in [1.82, 2.24) is 5.32 Å². The van der Waals surface area contributed by atoms with Gasteiger partial charge >= 0.3 is 0 Å². The fraction of sp³-hybridized carbons (Fsp3) is 0.907. The molecule has 1 aliphatic rings. The molecule has 9 atom stereocenters. The Bertz CT molecular complexity index is 1490. The molecule has 0 radical (unpaired) electrons. The molecule has 8 N–H and O–H groups in total. The van der Waals surface area contributed by atoms with Crippen LogP contribution in [0.2, 0.25) is 0 Å². The van der Waals surface area contributed by atoms with Crippen LogP contribution in [0, 0.1) is 0 Å². The van der Waals surface area contributed by atoms with E-state index in [0.717, 1.165) is 44.9 Å². The number of carbonyl (C=O) groups is 1. The lowest BCUT2D eigenvalue weighted by atomic mass is 9.98. The molecule has 0 bridgehead atoms. The summed E-state index contributed by atoms with van der Waals surface area (Å²) in [6.07, 6.45) is 71.1. The molecule has 0 aliphatic carbocycles. The van der Waals surface area contributed by atoms with Crippen molar-refractivity contribution in [2.75, 3.05) is 13.2 Å². The van der Waals surface area contributed by atoms with E-state index in [0.29, 0.717) is 19.3 Å². The molecule has 9 unspecified atom stereocenters. The van der Waals surface area contributed by atoms with Gasteiger partial charge < -0.3 is 50.5 Å². The van der Waals surface area contributed by atoms with Gasteiger partial charge in [0.05, 0.1) is 25.4 Å². The van der Waals surface area contributed by atoms with Crippen molar-refractivity contribution in [2.24, 2.45) is 0 Å². The first-order valence-corrected chi connectivity index (χ1v) is 37.4. The highest BCUT2D eigenvalue weighted by Gasteiger charge is 2.44. The highest BCUT2D eigenvalue weighted by molar-refractivity contribution is 5.80. The average molecular weight is 1220 g/mol. The third-order valence-corrected chi connectivity index (χ3v) is 18.2. The molecule has 1 fully saturated rings. The smallest absolute Gasteiger partial charge is 0.249 e. The SMILES string of the molecule is CCCCCCCCCCCCCCCCC/C=C/CC/C=C/CC/C=C/CCCC(O)C(O)C(COC1OC(CO)C(O)C(O)C1O)NC(=O)C(O)CCCCCCCCCCCCCCCCCCCCCCCCCCCCCCCCC. The van der Waals surface area contributed by atoms with Crippen molar-refractivity contribution in [2.45, 2.75) is 422 Å². The summed E-state index contributed by atoms with van der Waals surface area (Å²) in [4.78, 5) is 13.3. The maximum atomic E-state index is 13.3. The number of hydrogen-bond donors (Lipinski definition) is 8. The molecule has 0 aromatic rings. The highest BCUT2D eigenvalue weighted by atomic mass is 16.7. The molecule has 1 rings (SSSR count).